The molecule has 0 fully saturated rings. The Balaban J connectivity index is 2.11. The standard InChI is InChI=1S/C13H12Cl2N4O/c1-2-16-12-7-17-11(6-18-12)13(20)19-10-4-3-8(14)5-9(10)15/h3-7H,2H2,1H3,(H,16,18)(H,19,20). The molecule has 0 bridgehead atoms. The number of amides is 1. The lowest BCUT2D eigenvalue weighted by Gasteiger charge is -2.07. The summed E-state index contributed by atoms with van der Waals surface area (Å²) in [6, 6.07) is 4.82. The van der Waals surface area contributed by atoms with Crippen molar-refractivity contribution in [3.05, 3.63) is 46.3 Å². The maximum Gasteiger partial charge on any atom is 0.275 e. The Kier molecular flexibility index (Phi) is 4.76. The third-order valence-electron chi connectivity index (χ3n) is 2.42. The molecule has 0 aliphatic carbocycles. The summed E-state index contributed by atoms with van der Waals surface area (Å²) in [7, 11) is 0. The monoisotopic (exact) mass is 310 g/mol. The lowest BCUT2D eigenvalue weighted by molar-refractivity contribution is 0.102. The van der Waals surface area contributed by atoms with E-state index in [0.717, 1.165) is 6.54 Å². The van der Waals surface area contributed by atoms with Gasteiger partial charge in [0.15, 0.2) is 0 Å². The van der Waals surface area contributed by atoms with Crippen LogP contribution in [0.5, 0.6) is 0 Å². The number of hydrogen-bond donors (Lipinski definition) is 2. The first kappa shape index (κ1) is 14.6. The number of aromatic nitrogens is 2. The molecule has 104 valence electrons. The van der Waals surface area contributed by atoms with Gasteiger partial charge in [-0.1, -0.05) is 23.2 Å². The summed E-state index contributed by atoms with van der Waals surface area (Å²) in [5.41, 5.74) is 0.677. The average molecular weight is 311 g/mol. The molecular weight excluding hydrogens is 299 g/mol. The van der Waals surface area contributed by atoms with Gasteiger partial charge in [0.05, 0.1) is 23.1 Å². The largest absolute Gasteiger partial charge is 0.369 e. The third-order valence-corrected chi connectivity index (χ3v) is 2.97. The highest BCUT2D eigenvalue weighted by molar-refractivity contribution is 6.36. The SMILES string of the molecule is CCNc1cnc(C(=O)Nc2ccc(Cl)cc2Cl)cn1. The Morgan fingerprint density at radius 1 is 1.25 bits per heavy atom. The van der Waals surface area contributed by atoms with E-state index in [0.29, 0.717) is 21.6 Å². The number of nitrogens with zero attached hydrogens (tertiary/aromatic N) is 2. The third kappa shape index (κ3) is 3.59. The van der Waals surface area contributed by atoms with Gasteiger partial charge in [-0.05, 0) is 25.1 Å². The first-order valence-electron chi connectivity index (χ1n) is 5.92. The van der Waals surface area contributed by atoms with Gasteiger partial charge in [0.1, 0.15) is 11.5 Å². The second-order valence-corrected chi connectivity index (χ2v) is 4.74. The van der Waals surface area contributed by atoms with E-state index in [-0.39, 0.29) is 11.6 Å². The second-order valence-electron chi connectivity index (χ2n) is 3.90. The summed E-state index contributed by atoms with van der Waals surface area (Å²) in [6.45, 7) is 2.69. The molecule has 0 aliphatic rings. The minimum absolute atomic E-state index is 0.206. The van der Waals surface area contributed by atoms with Crippen LogP contribution in [0.3, 0.4) is 0 Å². The summed E-state index contributed by atoms with van der Waals surface area (Å²) >= 11 is 11.8. The van der Waals surface area contributed by atoms with Gasteiger partial charge >= 0.3 is 0 Å². The summed E-state index contributed by atoms with van der Waals surface area (Å²) < 4.78 is 0. The van der Waals surface area contributed by atoms with Crippen LogP contribution in [0.15, 0.2) is 30.6 Å². The predicted molar refractivity (Wildman–Crippen MR) is 80.6 cm³/mol. The van der Waals surface area contributed by atoms with E-state index in [2.05, 4.69) is 20.6 Å². The van der Waals surface area contributed by atoms with Crippen LogP contribution >= 0.6 is 23.2 Å². The number of nitrogens with one attached hydrogen (secondary N) is 2. The van der Waals surface area contributed by atoms with Crippen LogP contribution in [-0.4, -0.2) is 22.4 Å². The molecule has 2 N–H and O–H groups in total. The van der Waals surface area contributed by atoms with E-state index in [1.54, 1.807) is 18.2 Å². The molecule has 0 saturated heterocycles. The van der Waals surface area contributed by atoms with Gasteiger partial charge in [0.25, 0.3) is 5.91 Å². The normalized spacial score (nSPS) is 10.2. The number of halogens is 2. The van der Waals surface area contributed by atoms with Crippen molar-refractivity contribution in [3.63, 3.8) is 0 Å². The molecule has 2 aromatic rings. The summed E-state index contributed by atoms with van der Waals surface area (Å²) in [6.07, 6.45) is 2.90. The number of hydrogen-bond acceptors (Lipinski definition) is 4. The van der Waals surface area contributed by atoms with Crippen molar-refractivity contribution >= 4 is 40.6 Å². The zero-order valence-corrected chi connectivity index (χ0v) is 12.2. The fraction of sp³-hybridized carbons (Fsp3) is 0.154. The molecule has 1 aromatic carbocycles. The van der Waals surface area contributed by atoms with Gasteiger partial charge in [-0.25, -0.2) is 9.97 Å². The number of carbonyl (C=O) groups is 1. The molecule has 0 aliphatic heterocycles. The lowest BCUT2D eigenvalue weighted by atomic mass is 10.3. The molecule has 1 heterocycles. The Morgan fingerprint density at radius 2 is 2.05 bits per heavy atom. The molecule has 7 heteroatoms. The maximum absolute atomic E-state index is 12.0. The number of rotatable bonds is 4. The average Bonchev–Trinajstić information content (AvgIpc) is 2.43. The second kappa shape index (κ2) is 6.54. The van der Waals surface area contributed by atoms with Crippen molar-refractivity contribution in [2.75, 3.05) is 17.2 Å². The quantitative estimate of drug-likeness (QED) is 0.907. The van der Waals surface area contributed by atoms with E-state index >= 15 is 0 Å². The molecule has 2 rings (SSSR count). The Hall–Kier alpha value is -1.85. The van der Waals surface area contributed by atoms with Crippen LogP contribution in [-0.2, 0) is 0 Å². The summed E-state index contributed by atoms with van der Waals surface area (Å²) in [5.74, 6) is 0.235. The highest BCUT2D eigenvalue weighted by atomic mass is 35.5. The van der Waals surface area contributed by atoms with Crippen molar-refractivity contribution in [1.29, 1.82) is 0 Å². The van der Waals surface area contributed by atoms with Gasteiger partial charge in [-0.3, -0.25) is 4.79 Å². The van der Waals surface area contributed by atoms with Crippen molar-refractivity contribution in [2.24, 2.45) is 0 Å². The zero-order chi connectivity index (χ0) is 14.5. The van der Waals surface area contributed by atoms with E-state index in [4.69, 9.17) is 23.2 Å². The number of carbonyl (C=O) groups excluding carboxylic acids is 1. The van der Waals surface area contributed by atoms with Crippen molar-refractivity contribution < 1.29 is 4.79 Å². The van der Waals surface area contributed by atoms with Crippen LogP contribution in [0, 0.1) is 0 Å². The van der Waals surface area contributed by atoms with Gasteiger partial charge in [0, 0.05) is 11.6 Å². The molecular formula is C13H12Cl2N4O. The smallest absolute Gasteiger partial charge is 0.275 e. The van der Waals surface area contributed by atoms with E-state index < -0.39 is 0 Å². The molecule has 0 atom stereocenters. The molecule has 20 heavy (non-hydrogen) atoms. The summed E-state index contributed by atoms with van der Waals surface area (Å²) in [5, 5.41) is 6.52. The van der Waals surface area contributed by atoms with Crippen molar-refractivity contribution in [3.8, 4) is 0 Å². The molecule has 5 nitrogen and oxygen atoms in total. The minimum atomic E-state index is -0.384. The van der Waals surface area contributed by atoms with E-state index in [1.165, 1.54) is 12.4 Å². The van der Waals surface area contributed by atoms with Crippen LogP contribution in [0.1, 0.15) is 17.4 Å². The fourth-order valence-corrected chi connectivity index (χ4v) is 1.95. The molecule has 0 saturated carbocycles. The maximum atomic E-state index is 12.0. The van der Waals surface area contributed by atoms with Crippen LogP contribution in [0.2, 0.25) is 10.0 Å². The van der Waals surface area contributed by atoms with Crippen molar-refractivity contribution in [2.45, 2.75) is 6.92 Å². The molecule has 1 aromatic heterocycles. The highest BCUT2D eigenvalue weighted by Gasteiger charge is 2.10. The topological polar surface area (TPSA) is 66.9 Å². The first-order chi connectivity index (χ1) is 9.60. The molecule has 0 radical (unpaired) electrons. The highest BCUT2D eigenvalue weighted by Crippen LogP contribution is 2.25. The fourth-order valence-electron chi connectivity index (χ4n) is 1.49. The van der Waals surface area contributed by atoms with Gasteiger partial charge < -0.3 is 10.6 Å². The van der Waals surface area contributed by atoms with E-state index in [9.17, 15) is 4.79 Å². The minimum Gasteiger partial charge on any atom is -0.369 e. The summed E-state index contributed by atoms with van der Waals surface area (Å²) in [4.78, 5) is 20.1. The lowest BCUT2D eigenvalue weighted by Crippen LogP contribution is -2.14. The van der Waals surface area contributed by atoms with Gasteiger partial charge in [-0.15, -0.1) is 0 Å². The van der Waals surface area contributed by atoms with Crippen LogP contribution in [0.25, 0.3) is 0 Å². The van der Waals surface area contributed by atoms with Gasteiger partial charge in [-0.2, -0.15) is 0 Å². The first-order valence-corrected chi connectivity index (χ1v) is 6.68. The van der Waals surface area contributed by atoms with Crippen molar-refractivity contribution in [1.82, 2.24) is 9.97 Å². The molecule has 1 amide bonds. The molecule has 0 unspecified atom stereocenters. The number of benzene rings is 1. The Labute approximate surface area is 126 Å². The van der Waals surface area contributed by atoms with Crippen LogP contribution in [0.4, 0.5) is 11.5 Å². The number of anilines is 2. The van der Waals surface area contributed by atoms with Crippen LogP contribution < -0.4 is 10.6 Å². The molecule has 0 spiro atoms. The zero-order valence-electron chi connectivity index (χ0n) is 10.7. The Morgan fingerprint density at radius 3 is 2.65 bits per heavy atom. The Bertz CT molecular complexity index is 616. The van der Waals surface area contributed by atoms with Gasteiger partial charge in [0.2, 0.25) is 0 Å². The predicted octanol–water partition coefficient (Wildman–Crippen LogP) is 3.47. The van der Waals surface area contributed by atoms with E-state index in [1.807, 2.05) is 6.92 Å².